The van der Waals surface area contributed by atoms with Crippen LogP contribution in [0.25, 0.3) is 0 Å². The third-order valence-corrected chi connectivity index (χ3v) is 3.62. The van der Waals surface area contributed by atoms with Gasteiger partial charge in [0.2, 0.25) is 5.91 Å². The lowest BCUT2D eigenvalue weighted by atomic mass is 9.88. The van der Waals surface area contributed by atoms with E-state index in [2.05, 4.69) is 0 Å². The van der Waals surface area contributed by atoms with Crippen molar-refractivity contribution in [2.24, 2.45) is 11.7 Å². The summed E-state index contributed by atoms with van der Waals surface area (Å²) in [5.74, 6) is 0.451. The zero-order chi connectivity index (χ0) is 11.8. The van der Waals surface area contributed by atoms with Gasteiger partial charge in [0.25, 0.3) is 0 Å². The second kappa shape index (κ2) is 4.31. The van der Waals surface area contributed by atoms with E-state index in [0.717, 1.165) is 12.8 Å². The highest BCUT2D eigenvalue weighted by atomic mass is 16.5. The number of hydrogen-bond donors (Lipinski definition) is 2. The number of hydrogen-bond acceptors (Lipinski definition) is 4. The van der Waals surface area contributed by atoms with E-state index in [1.807, 2.05) is 0 Å². The van der Waals surface area contributed by atoms with E-state index in [9.17, 15) is 9.90 Å². The molecule has 0 aromatic heterocycles. The molecule has 5 heteroatoms. The van der Waals surface area contributed by atoms with E-state index < -0.39 is 5.60 Å². The summed E-state index contributed by atoms with van der Waals surface area (Å²) in [6.07, 6.45) is 2.31. The summed E-state index contributed by atoms with van der Waals surface area (Å²) >= 11 is 0. The number of methoxy groups -OCH3 is 1. The molecule has 1 aliphatic carbocycles. The maximum Gasteiger partial charge on any atom is 0.225 e. The second-order valence-corrected chi connectivity index (χ2v) is 4.93. The summed E-state index contributed by atoms with van der Waals surface area (Å²) in [5, 5.41) is 10.1. The molecule has 92 valence electrons. The van der Waals surface area contributed by atoms with Crippen molar-refractivity contribution in [2.45, 2.75) is 31.0 Å². The van der Waals surface area contributed by atoms with Crippen LogP contribution in [0.2, 0.25) is 0 Å². The van der Waals surface area contributed by atoms with Crippen LogP contribution in [0, 0.1) is 5.92 Å². The van der Waals surface area contributed by atoms with Crippen LogP contribution >= 0.6 is 0 Å². The van der Waals surface area contributed by atoms with E-state index in [1.165, 1.54) is 0 Å². The maximum atomic E-state index is 11.8. The number of ether oxygens (including phenoxy) is 1. The molecule has 1 atom stereocenters. The molecule has 3 N–H and O–H groups in total. The van der Waals surface area contributed by atoms with Crippen molar-refractivity contribution in [1.82, 2.24) is 4.90 Å². The number of nitrogens with two attached hydrogens (primary N) is 1. The van der Waals surface area contributed by atoms with Crippen molar-refractivity contribution in [1.29, 1.82) is 0 Å². The van der Waals surface area contributed by atoms with E-state index in [1.54, 1.807) is 12.0 Å². The third kappa shape index (κ3) is 2.21. The maximum absolute atomic E-state index is 11.8. The fourth-order valence-corrected chi connectivity index (χ4v) is 2.26. The highest BCUT2D eigenvalue weighted by Crippen LogP contribution is 2.44. The molecule has 1 heterocycles. The Kier molecular flexibility index (Phi) is 3.19. The van der Waals surface area contributed by atoms with Crippen LogP contribution in [-0.2, 0) is 9.53 Å². The van der Waals surface area contributed by atoms with E-state index in [0.29, 0.717) is 32.0 Å². The Labute approximate surface area is 95.5 Å². The highest BCUT2D eigenvalue weighted by Gasteiger charge is 2.53. The number of nitrogens with zero attached hydrogens (tertiary/aromatic N) is 1. The lowest BCUT2D eigenvalue weighted by Gasteiger charge is -2.47. The minimum Gasteiger partial charge on any atom is -0.386 e. The first kappa shape index (κ1) is 11.8. The summed E-state index contributed by atoms with van der Waals surface area (Å²) in [5.41, 5.74) is 4.86. The van der Waals surface area contributed by atoms with Crippen molar-refractivity contribution < 1.29 is 14.6 Å². The predicted molar refractivity (Wildman–Crippen MR) is 58.7 cm³/mol. The number of rotatable bonds is 5. The summed E-state index contributed by atoms with van der Waals surface area (Å²) in [6, 6.07) is 0. The van der Waals surface area contributed by atoms with E-state index in [4.69, 9.17) is 10.5 Å². The van der Waals surface area contributed by atoms with Crippen molar-refractivity contribution in [3.05, 3.63) is 0 Å². The summed E-state index contributed by atoms with van der Waals surface area (Å²) in [4.78, 5) is 13.5. The second-order valence-electron chi connectivity index (χ2n) is 4.93. The molecular weight excluding hydrogens is 208 g/mol. The normalized spacial score (nSPS) is 25.1. The minimum atomic E-state index is -0.596. The van der Waals surface area contributed by atoms with Crippen molar-refractivity contribution >= 4 is 5.91 Å². The number of carbonyl (C=O) groups excluding carboxylic acids is 1. The van der Waals surface area contributed by atoms with Crippen LogP contribution < -0.4 is 5.73 Å². The molecule has 0 aromatic carbocycles. The van der Waals surface area contributed by atoms with Crippen LogP contribution in [0.3, 0.4) is 0 Å². The van der Waals surface area contributed by atoms with Crippen molar-refractivity contribution in [3.8, 4) is 0 Å². The Morgan fingerprint density at radius 2 is 2.25 bits per heavy atom. The molecule has 5 nitrogen and oxygen atoms in total. The average Bonchev–Trinajstić information content (AvgIpc) is 3.04. The van der Waals surface area contributed by atoms with Crippen LogP contribution in [0.4, 0.5) is 0 Å². The molecule has 0 bridgehead atoms. The Morgan fingerprint density at radius 1 is 1.62 bits per heavy atom. The first-order valence-corrected chi connectivity index (χ1v) is 5.82. The topological polar surface area (TPSA) is 75.8 Å². The molecule has 2 rings (SSSR count). The van der Waals surface area contributed by atoms with Crippen molar-refractivity contribution in [2.75, 3.05) is 26.7 Å². The van der Waals surface area contributed by atoms with Crippen LogP contribution in [0.1, 0.15) is 19.3 Å². The summed E-state index contributed by atoms with van der Waals surface area (Å²) < 4.78 is 5.07. The average molecular weight is 228 g/mol. The van der Waals surface area contributed by atoms with Gasteiger partial charge in [-0.25, -0.2) is 0 Å². The number of carbonyl (C=O) groups is 1. The molecular formula is C11H20N2O3. The molecule has 1 amide bonds. The SMILES string of the molecule is COC(CN)CC(=O)N1CC(O)(C2CC2)C1. The molecule has 1 saturated carbocycles. The Hall–Kier alpha value is -0.650. The van der Waals surface area contributed by atoms with Gasteiger partial charge in [-0.05, 0) is 18.8 Å². The van der Waals surface area contributed by atoms with E-state index in [-0.39, 0.29) is 12.0 Å². The summed E-state index contributed by atoms with van der Waals surface area (Å²) in [6.45, 7) is 1.32. The zero-order valence-electron chi connectivity index (χ0n) is 9.69. The summed E-state index contributed by atoms with van der Waals surface area (Å²) in [7, 11) is 1.56. The molecule has 0 aromatic rings. The Morgan fingerprint density at radius 3 is 2.69 bits per heavy atom. The first-order valence-electron chi connectivity index (χ1n) is 5.82. The Balaban J connectivity index is 1.76. The number of aliphatic hydroxyl groups is 1. The molecule has 1 unspecified atom stereocenters. The van der Waals surface area contributed by atoms with Gasteiger partial charge in [0, 0.05) is 13.7 Å². The fourth-order valence-electron chi connectivity index (χ4n) is 2.26. The van der Waals surface area contributed by atoms with Crippen molar-refractivity contribution in [3.63, 3.8) is 0 Å². The largest absolute Gasteiger partial charge is 0.386 e. The van der Waals surface area contributed by atoms with Gasteiger partial charge in [0.15, 0.2) is 0 Å². The quantitative estimate of drug-likeness (QED) is 0.654. The smallest absolute Gasteiger partial charge is 0.225 e. The molecule has 2 fully saturated rings. The first-order chi connectivity index (χ1) is 7.59. The molecule has 1 aliphatic heterocycles. The fraction of sp³-hybridized carbons (Fsp3) is 0.909. The number of likely N-dealkylation sites (tertiary alicyclic amines) is 1. The van der Waals surface area contributed by atoms with Gasteiger partial charge in [-0.2, -0.15) is 0 Å². The number of β-amino-alcohol motifs (C(OH)–C–C–N with tert-alkyl or cyclic N) is 1. The van der Waals surface area contributed by atoms with Gasteiger partial charge < -0.3 is 20.5 Å². The molecule has 0 spiro atoms. The predicted octanol–water partition coefficient (Wildman–Crippen LogP) is -0.666. The number of amides is 1. The van der Waals surface area contributed by atoms with Gasteiger partial charge in [0.05, 0.1) is 25.6 Å². The zero-order valence-corrected chi connectivity index (χ0v) is 9.69. The van der Waals surface area contributed by atoms with Crippen LogP contribution in [0.5, 0.6) is 0 Å². The third-order valence-electron chi connectivity index (χ3n) is 3.62. The van der Waals surface area contributed by atoms with Gasteiger partial charge in [-0.15, -0.1) is 0 Å². The minimum absolute atomic E-state index is 0.0302. The van der Waals surface area contributed by atoms with E-state index >= 15 is 0 Å². The van der Waals surface area contributed by atoms with Gasteiger partial charge >= 0.3 is 0 Å². The standard InChI is InChI=1S/C11H20N2O3/c1-16-9(5-12)4-10(14)13-6-11(15,7-13)8-2-3-8/h8-9,15H,2-7,12H2,1H3. The molecule has 0 radical (unpaired) electrons. The lowest BCUT2D eigenvalue weighted by molar-refractivity contribution is -0.161. The monoisotopic (exact) mass is 228 g/mol. The van der Waals surface area contributed by atoms with Gasteiger partial charge in [0.1, 0.15) is 5.60 Å². The molecule has 16 heavy (non-hydrogen) atoms. The van der Waals surface area contributed by atoms with Gasteiger partial charge in [-0.1, -0.05) is 0 Å². The highest BCUT2D eigenvalue weighted by molar-refractivity contribution is 5.78. The molecule has 1 saturated heterocycles. The molecule has 2 aliphatic rings. The Bertz CT molecular complexity index is 268. The lowest BCUT2D eigenvalue weighted by Crippen LogP contribution is -2.65. The van der Waals surface area contributed by atoms with Crippen LogP contribution in [-0.4, -0.2) is 54.4 Å². The van der Waals surface area contributed by atoms with Crippen LogP contribution in [0.15, 0.2) is 0 Å². The van der Waals surface area contributed by atoms with Gasteiger partial charge in [-0.3, -0.25) is 4.79 Å².